The Labute approximate surface area is 57.3 Å². The molecule has 0 aliphatic rings. The van der Waals surface area contributed by atoms with Crippen LogP contribution in [0.5, 0.6) is 0 Å². The van der Waals surface area contributed by atoms with E-state index in [1.807, 2.05) is 0 Å². The molecule has 0 unspecified atom stereocenters. The highest BCUT2D eigenvalue weighted by Gasteiger charge is 2.18. The molecule has 0 atom stereocenters. The molecular weight excluding hydrogens is 114 g/mol. The van der Waals surface area contributed by atoms with Crippen molar-refractivity contribution in [3.05, 3.63) is 0 Å². The Hall–Kier alpha value is -0.0800. The maximum atomic E-state index is 4.97. The van der Waals surface area contributed by atoms with Crippen LogP contribution >= 0.6 is 0 Å². The van der Waals surface area contributed by atoms with Crippen molar-refractivity contribution in [3.8, 4) is 0 Å². The fourth-order valence-electron chi connectivity index (χ4n) is 0.655. The van der Waals surface area contributed by atoms with Crippen LogP contribution in [-0.2, 0) is 4.84 Å². The zero-order chi connectivity index (χ0) is 7.33. The summed E-state index contributed by atoms with van der Waals surface area (Å²) in [6, 6.07) is 0. The van der Waals surface area contributed by atoms with Gasteiger partial charge in [-0.15, -0.1) is 0 Å². The van der Waals surface area contributed by atoms with Gasteiger partial charge in [0.1, 0.15) is 0 Å². The molecule has 0 heterocycles. The Morgan fingerprint density at radius 1 is 1.33 bits per heavy atom. The molecular formula is C7H17NO. The van der Waals surface area contributed by atoms with E-state index in [-0.39, 0.29) is 5.41 Å². The lowest BCUT2D eigenvalue weighted by atomic mass is 9.86. The third-order valence-corrected chi connectivity index (χ3v) is 2.14. The summed E-state index contributed by atoms with van der Waals surface area (Å²) >= 11 is 0. The van der Waals surface area contributed by atoms with Crippen molar-refractivity contribution in [1.82, 2.24) is 0 Å². The van der Waals surface area contributed by atoms with Crippen molar-refractivity contribution in [1.29, 1.82) is 0 Å². The Morgan fingerprint density at radius 2 is 1.78 bits per heavy atom. The number of hydrogen-bond acceptors (Lipinski definition) is 2. The first kappa shape index (κ1) is 8.92. The van der Waals surface area contributed by atoms with Crippen LogP contribution in [0.3, 0.4) is 0 Å². The van der Waals surface area contributed by atoms with Gasteiger partial charge in [-0.2, -0.15) is 0 Å². The molecule has 9 heavy (non-hydrogen) atoms. The van der Waals surface area contributed by atoms with Crippen LogP contribution in [0.15, 0.2) is 0 Å². The minimum absolute atomic E-state index is 0.286. The highest BCUT2D eigenvalue weighted by Crippen LogP contribution is 2.24. The molecule has 0 aliphatic heterocycles. The fraction of sp³-hybridized carbons (Fsp3) is 1.00. The van der Waals surface area contributed by atoms with Gasteiger partial charge in [0, 0.05) is 0 Å². The lowest BCUT2D eigenvalue weighted by Gasteiger charge is -2.24. The second kappa shape index (κ2) is 3.85. The molecule has 0 aromatic rings. The van der Waals surface area contributed by atoms with Gasteiger partial charge < -0.3 is 4.84 Å². The molecule has 0 radical (unpaired) electrons. The molecule has 2 nitrogen and oxygen atoms in total. The third-order valence-electron chi connectivity index (χ3n) is 2.14. The average molecular weight is 131 g/mol. The number of nitrogens with two attached hydrogens (primary N) is 1. The maximum absolute atomic E-state index is 4.97. The largest absolute Gasteiger partial charge is 0.304 e. The summed E-state index contributed by atoms with van der Waals surface area (Å²) in [7, 11) is 0. The van der Waals surface area contributed by atoms with Gasteiger partial charge in [0.2, 0.25) is 0 Å². The van der Waals surface area contributed by atoms with Crippen molar-refractivity contribution in [2.24, 2.45) is 11.3 Å². The minimum atomic E-state index is 0.286. The van der Waals surface area contributed by atoms with Gasteiger partial charge in [0.15, 0.2) is 0 Å². The first-order valence-electron chi connectivity index (χ1n) is 3.50. The van der Waals surface area contributed by atoms with E-state index in [1.54, 1.807) is 0 Å². The molecule has 0 aromatic carbocycles. The number of hydrogen-bond donors (Lipinski definition) is 1. The van der Waals surface area contributed by atoms with E-state index in [0.717, 1.165) is 12.8 Å². The first-order chi connectivity index (χ1) is 4.18. The van der Waals surface area contributed by atoms with Gasteiger partial charge in [-0.1, -0.05) is 20.8 Å². The normalized spacial score (nSPS) is 12.0. The van der Waals surface area contributed by atoms with E-state index in [2.05, 4.69) is 25.6 Å². The molecule has 0 aromatic heterocycles. The van der Waals surface area contributed by atoms with Crippen LogP contribution in [0.2, 0.25) is 0 Å². The Bertz CT molecular complexity index is 69.3. The predicted octanol–water partition coefficient (Wildman–Crippen LogP) is 1.70. The van der Waals surface area contributed by atoms with E-state index < -0.39 is 0 Å². The van der Waals surface area contributed by atoms with Gasteiger partial charge in [0.05, 0.1) is 6.61 Å². The number of rotatable bonds is 4. The smallest absolute Gasteiger partial charge is 0.0732 e. The van der Waals surface area contributed by atoms with E-state index in [0.29, 0.717) is 6.61 Å². The molecule has 0 amide bonds. The zero-order valence-electron chi connectivity index (χ0n) is 6.61. The molecule has 0 aliphatic carbocycles. The summed E-state index contributed by atoms with van der Waals surface area (Å²) in [5.74, 6) is 4.97. The standard InChI is InChI=1S/C7H17NO/c1-4-7(3,5-2)6-9-8/h4-6,8H2,1-3H3. The van der Waals surface area contributed by atoms with Crippen LogP contribution in [0.1, 0.15) is 33.6 Å². The quantitative estimate of drug-likeness (QED) is 0.589. The fourth-order valence-corrected chi connectivity index (χ4v) is 0.655. The minimum Gasteiger partial charge on any atom is -0.304 e. The lowest BCUT2D eigenvalue weighted by Crippen LogP contribution is -2.23. The van der Waals surface area contributed by atoms with Gasteiger partial charge in [-0.25, -0.2) is 5.90 Å². The highest BCUT2D eigenvalue weighted by atomic mass is 16.6. The Kier molecular flexibility index (Phi) is 3.82. The molecule has 2 N–H and O–H groups in total. The van der Waals surface area contributed by atoms with Gasteiger partial charge in [0.25, 0.3) is 0 Å². The van der Waals surface area contributed by atoms with E-state index >= 15 is 0 Å². The first-order valence-corrected chi connectivity index (χ1v) is 3.50. The van der Waals surface area contributed by atoms with Crippen LogP contribution < -0.4 is 5.90 Å². The lowest BCUT2D eigenvalue weighted by molar-refractivity contribution is 0.0484. The second-order valence-corrected chi connectivity index (χ2v) is 2.83. The summed E-state index contributed by atoms with van der Waals surface area (Å²) in [6.07, 6.45) is 2.25. The van der Waals surface area contributed by atoms with Crippen LogP contribution in [0.25, 0.3) is 0 Å². The Morgan fingerprint density at radius 3 is 1.89 bits per heavy atom. The van der Waals surface area contributed by atoms with E-state index in [1.165, 1.54) is 0 Å². The molecule has 0 spiro atoms. The molecule has 0 rings (SSSR count). The molecule has 0 bridgehead atoms. The predicted molar refractivity (Wildman–Crippen MR) is 38.8 cm³/mol. The van der Waals surface area contributed by atoms with E-state index in [9.17, 15) is 0 Å². The molecule has 2 heteroatoms. The van der Waals surface area contributed by atoms with Crippen molar-refractivity contribution in [2.45, 2.75) is 33.6 Å². The summed E-state index contributed by atoms with van der Waals surface area (Å²) in [5, 5.41) is 0. The van der Waals surface area contributed by atoms with Crippen molar-refractivity contribution in [2.75, 3.05) is 6.61 Å². The van der Waals surface area contributed by atoms with Gasteiger partial charge in [-0.3, -0.25) is 0 Å². The molecule has 0 fully saturated rings. The van der Waals surface area contributed by atoms with E-state index in [4.69, 9.17) is 5.90 Å². The summed E-state index contributed by atoms with van der Waals surface area (Å²) in [4.78, 5) is 4.59. The van der Waals surface area contributed by atoms with Crippen LogP contribution in [0, 0.1) is 5.41 Å². The summed E-state index contributed by atoms with van der Waals surface area (Å²) < 4.78 is 0. The molecule has 0 saturated carbocycles. The zero-order valence-corrected chi connectivity index (χ0v) is 6.61. The van der Waals surface area contributed by atoms with Crippen LogP contribution in [-0.4, -0.2) is 6.61 Å². The monoisotopic (exact) mass is 131 g/mol. The average Bonchev–Trinajstić information content (AvgIpc) is 1.89. The SMILES string of the molecule is CCC(C)(CC)CON. The maximum Gasteiger partial charge on any atom is 0.0732 e. The van der Waals surface area contributed by atoms with Crippen LogP contribution in [0.4, 0.5) is 0 Å². The molecule has 0 saturated heterocycles. The highest BCUT2D eigenvalue weighted by molar-refractivity contribution is 4.68. The van der Waals surface area contributed by atoms with Gasteiger partial charge >= 0.3 is 0 Å². The second-order valence-electron chi connectivity index (χ2n) is 2.83. The Balaban J connectivity index is 3.62. The summed E-state index contributed by atoms with van der Waals surface area (Å²) in [6.45, 7) is 7.16. The molecule has 56 valence electrons. The summed E-state index contributed by atoms with van der Waals surface area (Å²) in [5.41, 5.74) is 0.286. The van der Waals surface area contributed by atoms with Gasteiger partial charge in [-0.05, 0) is 18.3 Å². The van der Waals surface area contributed by atoms with Crippen molar-refractivity contribution in [3.63, 3.8) is 0 Å². The van der Waals surface area contributed by atoms with Crippen molar-refractivity contribution >= 4 is 0 Å². The third kappa shape index (κ3) is 2.82. The van der Waals surface area contributed by atoms with Crippen molar-refractivity contribution < 1.29 is 4.84 Å². The topological polar surface area (TPSA) is 35.2 Å².